The van der Waals surface area contributed by atoms with E-state index in [0.717, 1.165) is 11.3 Å². The summed E-state index contributed by atoms with van der Waals surface area (Å²) in [5, 5.41) is 10.6. The van der Waals surface area contributed by atoms with Gasteiger partial charge < -0.3 is 20.1 Å². The van der Waals surface area contributed by atoms with Gasteiger partial charge in [0, 0.05) is 38.1 Å². The molecule has 0 bridgehead atoms. The highest BCUT2D eigenvalue weighted by Gasteiger charge is 2.16. The molecule has 32 heavy (non-hydrogen) atoms. The largest absolute Gasteiger partial charge is 0.490 e. The molecule has 10 heteroatoms. The Morgan fingerprint density at radius 3 is 2.44 bits per heavy atom. The van der Waals surface area contributed by atoms with Gasteiger partial charge in [0.25, 0.3) is 0 Å². The van der Waals surface area contributed by atoms with Crippen molar-refractivity contribution >= 4 is 29.9 Å². The van der Waals surface area contributed by atoms with Gasteiger partial charge in [0.15, 0.2) is 17.5 Å². The number of aromatic nitrogens is 2. The molecule has 0 radical (unpaired) electrons. The Morgan fingerprint density at radius 1 is 1.06 bits per heavy atom. The molecule has 1 heterocycles. The van der Waals surface area contributed by atoms with E-state index in [-0.39, 0.29) is 42.0 Å². The van der Waals surface area contributed by atoms with Crippen molar-refractivity contribution in [2.24, 2.45) is 4.99 Å². The van der Waals surface area contributed by atoms with E-state index in [9.17, 15) is 8.78 Å². The minimum atomic E-state index is -2.95. The number of halogens is 3. The molecular formula is C22H26F2IN5O2. The lowest BCUT2D eigenvalue weighted by atomic mass is 10.1. The highest BCUT2D eigenvalue weighted by atomic mass is 127. The van der Waals surface area contributed by atoms with Crippen LogP contribution >= 0.6 is 24.0 Å². The topological polar surface area (TPSA) is 72.7 Å². The van der Waals surface area contributed by atoms with E-state index in [2.05, 4.69) is 20.7 Å². The molecule has 0 aliphatic heterocycles. The Kier molecular flexibility index (Phi) is 10.2. The van der Waals surface area contributed by atoms with Crippen molar-refractivity contribution in [3.8, 4) is 17.2 Å². The molecule has 3 aromatic rings. The Balaban J connectivity index is 0.00000363. The van der Waals surface area contributed by atoms with Crippen LogP contribution in [0, 0.1) is 0 Å². The molecule has 0 spiro atoms. The maximum absolute atomic E-state index is 12.9. The zero-order chi connectivity index (χ0) is 22.1. The number of rotatable bonds is 9. The van der Waals surface area contributed by atoms with Crippen LogP contribution in [0.25, 0.3) is 5.69 Å². The third kappa shape index (κ3) is 6.81. The number of benzene rings is 2. The third-order valence-electron chi connectivity index (χ3n) is 4.43. The maximum atomic E-state index is 12.9. The predicted molar refractivity (Wildman–Crippen MR) is 130 cm³/mol. The Hall–Kier alpha value is -2.89. The quantitative estimate of drug-likeness (QED) is 0.233. The number of alkyl halides is 2. The van der Waals surface area contributed by atoms with Crippen LogP contribution in [0.15, 0.2) is 65.9 Å². The lowest BCUT2D eigenvalue weighted by Crippen LogP contribution is -2.36. The van der Waals surface area contributed by atoms with E-state index in [1.54, 1.807) is 43.0 Å². The number of hydrogen-bond acceptors (Lipinski definition) is 4. The minimum absolute atomic E-state index is 0. The van der Waals surface area contributed by atoms with Crippen molar-refractivity contribution in [1.29, 1.82) is 0 Å². The van der Waals surface area contributed by atoms with E-state index < -0.39 is 6.61 Å². The summed E-state index contributed by atoms with van der Waals surface area (Å²) in [6, 6.07) is 14.8. The summed E-state index contributed by atoms with van der Waals surface area (Å²) in [6.45, 7) is -0.103. The molecule has 0 amide bonds. The molecule has 0 aliphatic carbocycles. The van der Waals surface area contributed by atoms with Gasteiger partial charge in [-0.25, -0.2) is 4.68 Å². The molecule has 1 aromatic heterocycles. The first-order valence-electron chi connectivity index (χ1n) is 9.84. The second kappa shape index (κ2) is 12.8. The number of nitrogens with zero attached hydrogens (tertiary/aromatic N) is 3. The fourth-order valence-electron chi connectivity index (χ4n) is 3.07. The average Bonchev–Trinajstić information content (AvgIpc) is 3.30. The number of aliphatic imine (C=N–C) groups is 1. The third-order valence-corrected chi connectivity index (χ3v) is 4.43. The van der Waals surface area contributed by atoms with Crippen LogP contribution in [0.2, 0.25) is 0 Å². The van der Waals surface area contributed by atoms with Crippen LogP contribution in [0.4, 0.5) is 8.78 Å². The molecule has 0 fully saturated rings. The molecule has 0 atom stereocenters. The Labute approximate surface area is 202 Å². The first-order chi connectivity index (χ1) is 15.1. The van der Waals surface area contributed by atoms with Crippen molar-refractivity contribution in [2.75, 3.05) is 13.7 Å². The molecule has 7 nitrogen and oxygen atoms in total. The molecule has 2 aromatic carbocycles. The van der Waals surface area contributed by atoms with Crippen LogP contribution in [-0.2, 0) is 13.1 Å². The minimum Gasteiger partial charge on any atom is -0.490 e. The zero-order valence-corrected chi connectivity index (χ0v) is 20.1. The lowest BCUT2D eigenvalue weighted by molar-refractivity contribution is -0.0520. The number of hydrogen-bond donors (Lipinski definition) is 2. The number of guanidine groups is 1. The summed E-state index contributed by atoms with van der Waals surface area (Å²) in [5.41, 5.74) is 2.51. The van der Waals surface area contributed by atoms with E-state index in [4.69, 9.17) is 9.47 Å². The van der Waals surface area contributed by atoms with Crippen LogP contribution < -0.4 is 20.1 Å². The standard InChI is InChI=1S/C22H25F2N5O2.HI/c1-3-30-19-11-6-9-17(20(19)31-21(23)24)15-27-22(25-2)26-14-16-8-4-5-10-18(16)29-13-7-12-28-29;/h4-13,21H,3,14-15H2,1-2H3,(H2,25,26,27);1H. The van der Waals surface area contributed by atoms with Gasteiger partial charge in [-0.15, -0.1) is 24.0 Å². The van der Waals surface area contributed by atoms with Crippen molar-refractivity contribution in [2.45, 2.75) is 26.6 Å². The second-order valence-corrected chi connectivity index (χ2v) is 6.41. The molecular weight excluding hydrogens is 531 g/mol. The fourth-order valence-corrected chi connectivity index (χ4v) is 3.07. The lowest BCUT2D eigenvalue weighted by Gasteiger charge is -2.17. The Bertz CT molecular complexity index is 1000. The first kappa shape index (κ1) is 25.4. The number of ether oxygens (including phenoxy) is 2. The predicted octanol–water partition coefficient (Wildman–Crippen LogP) is 4.36. The summed E-state index contributed by atoms with van der Waals surface area (Å²) in [4.78, 5) is 4.21. The van der Waals surface area contributed by atoms with E-state index >= 15 is 0 Å². The summed E-state index contributed by atoms with van der Waals surface area (Å²) >= 11 is 0. The fraction of sp³-hybridized carbons (Fsp3) is 0.273. The zero-order valence-electron chi connectivity index (χ0n) is 17.8. The maximum Gasteiger partial charge on any atom is 0.387 e. The van der Waals surface area contributed by atoms with Gasteiger partial charge in [-0.05, 0) is 30.7 Å². The highest BCUT2D eigenvalue weighted by Crippen LogP contribution is 2.32. The molecule has 2 N–H and O–H groups in total. The highest BCUT2D eigenvalue weighted by molar-refractivity contribution is 14.0. The summed E-state index contributed by atoms with van der Waals surface area (Å²) in [5.74, 6) is 0.810. The number of nitrogens with one attached hydrogen (secondary N) is 2. The van der Waals surface area contributed by atoms with Gasteiger partial charge in [-0.1, -0.05) is 30.3 Å². The van der Waals surface area contributed by atoms with Crippen molar-refractivity contribution < 1.29 is 18.3 Å². The Morgan fingerprint density at radius 2 is 1.78 bits per heavy atom. The first-order valence-corrected chi connectivity index (χ1v) is 9.84. The normalized spacial score (nSPS) is 11.1. The van der Waals surface area contributed by atoms with Gasteiger partial charge in [0.2, 0.25) is 0 Å². The van der Waals surface area contributed by atoms with Crippen LogP contribution in [0.3, 0.4) is 0 Å². The SMILES string of the molecule is CCOc1cccc(CNC(=NC)NCc2ccccc2-n2cccn2)c1OC(F)F.I. The molecule has 0 aliphatic rings. The van der Waals surface area contributed by atoms with Crippen molar-refractivity contribution in [3.05, 3.63) is 72.1 Å². The van der Waals surface area contributed by atoms with Gasteiger partial charge in [-0.2, -0.15) is 13.9 Å². The van der Waals surface area contributed by atoms with Gasteiger partial charge in [-0.3, -0.25) is 4.99 Å². The molecule has 0 unspecified atom stereocenters. The molecule has 0 saturated heterocycles. The van der Waals surface area contributed by atoms with Crippen LogP contribution in [-0.4, -0.2) is 36.0 Å². The van der Waals surface area contributed by atoms with E-state index in [0.29, 0.717) is 24.7 Å². The molecule has 172 valence electrons. The average molecular weight is 557 g/mol. The number of para-hydroxylation sites is 2. The van der Waals surface area contributed by atoms with Crippen LogP contribution in [0.5, 0.6) is 11.5 Å². The smallest absolute Gasteiger partial charge is 0.387 e. The summed E-state index contributed by atoms with van der Waals surface area (Å²) in [7, 11) is 1.64. The monoisotopic (exact) mass is 557 g/mol. The van der Waals surface area contributed by atoms with Gasteiger partial charge in [0.1, 0.15) is 0 Å². The van der Waals surface area contributed by atoms with E-state index in [1.165, 1.54) is 0 Å². The van der Waals surface area contributed by atoms with Crippen molar-refractivity contribution in [3.63, 3.8) is 0 Å². The summed E-state index contributed by atoms with van der Waals surface area (Å²) in [6.07, 6.45) is 3.60. The molecule has 0 saturated carbocycles. The van der Waals surface area contributed by atoms with Gasteiger partial charge in [0.05, 0.1) is 12.3 Å². The molecule has 3 rings (SSSR count). The van der Waals surface area contributed by atoms with Crippen molar-refractivity contribution in [1.82, 2.24) is 20.4 Å². The van der Waals surface area contributed by atoms with Crippen LogP contribution in [0.1, 0.15) is 18.1 Å². The summed E-state index contributed by atoms with van der Waals surface area (Å²) < 4.78 is 37.7. The van der Waals surface area contributed by atoms with Gasteiger partial charge >= 0.3 is 6.61 Å². The second-order valence-electron chi connectivity index (χ2n) is 6.41. The van der Waals surface area contributed by atoms with E-state index in [1.807, 2.05) is 36.5 Å².